The van der Waals surface area contributed by atoms with E-state index >= 15 is 0 Å². The molecule has 1 fully saturated rings. The lowest BCUT2D eigenvalue weighted by atomic mass is 10.1. The van der Waals surface area contributed by atoms with Crippen LogP contribution in [0.1, 0.15) is 30.2 Å². The standard InChI is InChI=1S/C9H10F3NO/c10-9(11,12)8-6(3-5-14-8)7-2-1-4-13-7/h3,5,7,13H,1-2,4H2/t7-/m0/s1. The third-order valence-corrected chi connectivity index (χ3v) is 2.39. The monoisotopic (exact) mass is 205 g/mol. The number of nitrogens with one attached hydrogen (secondary N) is 1. The van der Waals surface area contributed by atoms with Crippen LogP contribution in [-0.4, -0.2) is 6.54 Å². The van der Waals surface area contributed by atoms with Crippen molar-refractivity contribution in [3.05, 3.63) is 23.7 Å². The number of furan rings is 1. The summed E-state index contributed by atoms with van der Waals surface area (Å²) in [5.74, 6) is -0.864. The average molecular weight is 205 g/mol. The number of hydrogen-bond acceptors (Lipinski definition) is 2. The summed E-state index contributed by atoms with van der Waals surface area (Å²) < 4.78 is 41.7. The van der Waals surface area contributed by atoms with Gasteiger partial charge in [0.2, 0.25) is 5.76 Å². The highest BCUT2D eigenvalue weighted by atomic mass is 19.4. The van der Waals surface area contributed by atoms with Crippen LogP contribution < -0.4 is 5.32 Å². The molecule has 14 heavy (non-hydrogen) atoms. The van der Waals surface area contributed by atoms with Gasteiger partial charge in [-0.25, -0.2) is 0 Å². The highest BCUT2D eigenvalue weighted by Gasteiger charge is 2.39. The average Bonchev–Trinajstić information content (AvgIpc) is 2.73. The minimum atomic E-state index is -4.39. The van der Waals surface area contributed by atoms with Crippen molar-refractivity contribution in [3.8, 4) is 0 Å². The first-order valence-electron chi connectivity index (χ1n) is 4.47. The summed E-state index contributed by atoms with van der Waals surface area (Å²) in [4.78, 5) is 0. The molecule has 0 spiro atoms. The molecular weight excluding hydrogens is 195 g/mol. The van der Waals surface area contributed by atoms with Gasteiger partial charge in [0.05, 0.1) is 6.26 Å². The van der Waals surface area contributed by atoms with E-state index in [1.165, 1.54) is 6.07 Å². The van der Waals surface area contributed by atoms with Crippen LogP contribution in [0.3, 0.4) is 0 Å². The van der Waals surface area contributed by atoms with E-state index in [9.17, 15) is 13.2 Å². The van der Waals surface area contributed by atoms with Crippen molar-refractivity contribution in [1.29, 1.82) is 0 Å². The lowest BCUT2D eigenvalue weighted by molar-refractivity contribution is -0.153. The maximum absolute atomic E-state index is 12.4. The Bertz CT molecular complexity index is 312. The van der Waals surface area contributed by atoms with Gasteiger partial charge < -0.3 is 9.73 Å². The van der Waals surface area contributed by atoms with Gasteiger partial charge in [0.25, 0.3) is 0 Å². The Balaban J connectivity index is 2.29. The topological polar surface area (TPSA) is 25.2 Å². The Hall–Kier alpha value is -0.970. The molecule has 1 atom stereocenters. The summed E-state index contributed by atoms with van der Waals surface area (Å²) in [6, 6.07) is 1.19. The molecule has 1 aliphatic heterocycles. The Morgan fingerprint density at radius 1 is 1.43 bits per heavy atom. The predicted octanol–water partition coefficient (Wildman–Crippen LogP) is 2.72. The minimum absolute atomic E-state index is 0.203. The van der Waals surface area contributed by atoms with Crippen molar-refractivity contribution < 1.29 is 17.6 Å². The van der Waals surface area contributed by atoms with E-state index in [0.29, 0.717) is 0 Å². The fraction of sp³-hybridized carbons (Fsp3) is 0.556. The molecule has 1 aliphatic rings. The molecular formula is C9H10F3NO. The van der Waals surface area contributed by atoms with Crippen LogP contribution in [0.15, 0.2) is 16.7 Å². The Labute approximate surface area is 79.1 Å². The Morgan fingerprint density at radius 2 is 2.21 bits per heavy atom. The number of hydrogen-bond donors (Lipinski definition) is 1. The molecule has 5 heteroatoms. The van der Waals surface area contributed by atoms with E-state index in [2.05, 4.69) is 9.73 Å². The first-order valence-corrected chi connectivity index (χ1v) is 4.47. The smallest absolute Gasteiger partial charge is 0.449 e. The Kier molecular flexibility index (Phi) is 2.26. The SMILES string of the molecule is FC(F)(F)c1occc1[C@@H]1CCCN1. The number of halogens is 3. The van der Waals surface area contributed by atoms with Gasteiger partial charge in [-0.15, -0.1) is 0 Å². The van der Waals surface area contributed by atoms with Gasteiger partial charge in [-0.1, -0.05) is 0 Å². The first-order chi connectivity index (χ1) is 6.59. The van der Waals surface area contributed by atoms with Gasteiger partial charge >= 0.3 is 6.18 Å². The minimum Gasteiger partial charge on any atom is -0.459 e. The number of alkyl halides is 3. The third kappa shape index (κ3) is 1.64. The molecule has 1 aromatic heterocycles. The molecule has 0 unspecified atom stereocenters. The van der Waals surface area contributed by atoms with Crippen LogP contribution in [-0.2, 0) is 6.18 Å². The molecule has 1 N–H and O–H groups in total. The van der Waals surface area contributed by atoms with Crippen LogP contribution in [0.2, 0.25) is 0 Å². The van der Waals surface area contributed by atoms with Crippen molar-refractivity contribution in [2.45, 2.75) is 25.1 Å². The molecule has 1 saturated heterocycles. The lowest BCUT2D eigenvalue weighted by Crippen LogP contribution is -2.16. The molecule has 2 rings (SSSR count). The van der Waals surface area contributed by atoms with Gasteiger partial charge in [0, 0.05) is 11.6 Å². The second-order valence-electron chi connectivity index (χ2n) is 3.35. The van der Waals surface area contributed by atoms with Gasteiger partial charge in [0.15, 0.2) is 0 Å². The Morgan fingerprint density at radius 3 is 2.79 bits per heavy atom. The van der Waals surface area contributed by atoms with E-state index in [-0.39, 0.29) is 11.6 Å². The van der Waals surface area contributed by atoms with Gasteiger partial charge in [-0.2, -0.15) is 13.2 Å². The first kappa shape index (κ1) is 9.58. The zero-order chi connectivity index (χ0) is 10.2. The van der Waals surface area contributed by atoms with Crippen molar-refractivity contribution in [1.82, 2.24) is 5.32 Å². The van der Waals surface area contributed by atoms with Crippen molar-refractivity contribution in [3.63, 3.8) is 0 Å². The fourth-order valence-corrected chi connectivity index (χ4v) is 1.77. The van der Waals surface area contributed by atoms with Crippen molar-refractivity contribution in [2.24, 2.45) is 0 Å². The maximum atomic E-state index is 12.4. The summed E-state index contributed by atoms with van der Waals surface area (Å²) in [6.45, 7) is 0.771. The molecule has 2 heterocycles. The zero-order valence-electron chi connectivity index (χ0n) is 7.40. The fourth-order valence-electron chi connectivity index (χ4n) is 1.77. The molecule has 78 valence electrons. The van der Waals surface area contributed by atoms with E-state index in [1.807, 2.05) is 0 Å². The lowest BCUT2D eigenvalue weighted by Gasteiger charge is -2.11. The third-order valence-electron chi connectivity index (χ3n) is 2.39. The van der Waals surface area contributed by atoms with E-state index in [0.717, 1.165) is 25.6 Å². The van der Waals surface area contributed by atoms with E-state index in [1.54, 1.807) is 0 Å². The second kappa shape index (κ2) is 3.31. The largest absolute Gasteiger partial charge is 0.459 e. The molecule has 0 amide bonds. The summed E-state index contributed by atoms with van der Waals surface area (Å²) in [6.07, 6.45) is -1.64. The van der Waals surface area contributed by atoms with Crippen LogP contribution in [0.25, 0.3) is 0 Å². The van der Waals surface area contributed by atoms with Crippen LogP contribution in [0.4, 0.5) is 13.2 Å². The quantitative estimate of drug-likeness (QED) is 0.762. The summed E-state index contributed by atoms with van der Waals surface area (Å²) >= 11 is 0. The zero-order valence-corrected chi connectivity index (χ0v) is 7.40. The summed E-state index contributed by atoms with van der Waals surface area (Å²) in [5.41, 5.74) is 0.231. The normalized spacial score (nSPS) is 22.9. The maximum Gasteiger partial charge on any atom is 0.449 e. The van der Waals surface area contributed by atoms with Crippen LogP contribution in [0.5, 0.6) is 0 Å². The van der Waals surface area contributed by atoms with E-state index < -0.39 is 11.9 Å². The summed E-state index contributed by atoms with van der Waals surface area (Å²) in [5, 5.41) is 3.01. The summed E-state index contributed by atoms with van der Waals surface area (Å²) in [7, 11) is 0. The van der Waals surface area contributed by atoms with Gasteiger partial charge in [-0.05, 0) is 25.5 Å². The number of rotatable bonds is 1. The van der Waals surface area contributed by atoms with Crippen LogP contribution >= 0.6 is 0 Å². The van der Waals surface area contributed by atoms with Crippen molar-refractivity contribution >= 4 is 0 Å². The van der Waals surface area contributed by atoms with Gasteiger partial charge in [-0.3, -0.25) is 0 Å². The van der Waals surface area contributed by atoms with Gasteiger partial charge in [0.1, 0.15) is 0 Å². The molecule has 0 bridgehead atoms. The predicted molar refractivity (Wildman–Crippen MR) is 43.7 cm³/mol. The molecule has 0 aromatic carbocycles. The van der Waals surface area contributed by atoms with E-state index in [4.69, 9.17) is 0 Å². The second-order valence-corrected chi connectivity index (χ2v) is 3.35. The highest BCUT2D eigenvalue weighted by Crippen LogP contribution is 2.37. The molecule has 0 radical (unpaired) electrons. The molecule has 2 nitrogen and oxygen atoms in total. The highest BCUT2D eigenvalue weighted by molar-refractivity contribution is 5.24. The van der Waals surface area contributed by atoms with Crippen LogP contribution in [0, 0.1) is 0 Å². The molecule has 1 aromatic rings. The molecule has 0 saturated carbocycles. The van der Waals surface area contributed by atoms with Crippen molar-refractivity contribution in [2.75, 3.05) is 6.54 Å². The molecule has 0 aliphatic carbocycles.